The maximum atomic E-state index is 11.7. The zero-order chi connectivity index (χ0) is 14.5. The van der Waals surface area contributed by atoms with Crippen LogP contribution in [0.3, 0.4) is 0 Å². The minimum atomic E-state index is -0.373. The molecule has 100 valence electrons. The standard InChI is InChI=1S/C16H12ClNO2/c1-2-20-16(19)12-5-3-4-11(8-12)15-7-6-14(17)9-13(15)10-18/h3-9H,2H2,1H3. The molecule has 0 aliphatic rings. The highest BCUT2D eigenvalue weighted by Crippen LogP contribution is 2.26. The number of ether oxygens (including phenoxy) is 1. The Hall–Kier alpha value is -2.31. The molecule has 0 saturated carbocycles. The van der Waals surface area contributed by atoms with Crippen LogP contribution in [-0.2, 0) is 4.74 Å². The molecule has 20 heavy (non-hydrogen) atoms. The van der Waals surface area contributed by atoms with E-state index in [0.717, 1.165) is 11.1 Å². The van der Waals surface area contributed by atoms with Crippen molar-refractivity contribution >= 4 is 17.6 Å². The maximum Gasteiger partial charge on any atom is 0.338 e. The number of hydrogen-bond donors (Lipinski definition) is 0. The van der Waals surface area contributed by atoms with Crippen molar-refractivity contribution in [3.63, 3.8) is 0 Å². The molecule has 2 rings (SSSR count). The number of carbonyl (C=O) groups excluding carboxylic acids is 1. The summed E-state index contributed by atoms with van der Waals surface area (Å²) in [5.41, 5.74) is 2.45. The van der Waals surface area contributed by atoms with Gasteiger partial charge in [-0.1, -0.05) is 29.8 Å². The van der Waals surface area contributed by atoms with Crippen molar-refractivity contribution in [2.75, 3.05) is 6.61 Å². The van der Waals surface area contributed by atoms with Crippen LogP contribution in [0, 0.1) is 11.3 Å². The molecule has 0 N–H and O–H groups in total. The van der Waals surface area contributed by atoms with Gasteiger partial charge in [-0.2, -0.15) is 5.26 Å². The molecule has 0 aromatic heterocycles. The van der Waals surface area contributed by atoms with Crippen molar-refractivity contribution in [1.82, 2.24) is 0 Å². The lowest BCUT2D eigenvalue weighted by Crippen LogP contribution is -2.04. The third-order valence-corrected chi connectivity index (χ3v) is 3.02. The number of benzene rings is 2. The number of esters is 1. The van der Waals surface area contributed by atoms with Crippen molar-refractivity contribution in [2.45, 2.75) is 6.92 Å². The fourth-order valence-corrected chi connectivity index (χ4v) is 2.06. The van der Waals surface area contributed by atoms with Crippen LogP contribution in [0.25, 0.3) is 11.1 Å². The van der Waals surface area contributed by atoms with E-state index in [1.54, 1.807) is 43.3 Å². The molecule has 0 amide bonds. The Morgan fingerprint density at radius 1 is 1.30 bits per heavy atom. The third-order valence-electron chi connectivity index (χ3n) is 2.79. The Morgan fingerprint density at radius 3 is 2.80 bits per heavy atom. The van der Waals surface area contributed by atoms with E-state index >= 15 is 0 Å². The Bertz CT molecular complexity index is 689. The number of nitrogens with zero attached hydrogens (tertiary/aromatic N) is 1. The molecule has 0 aliphatic carbocycles. The maximum absolute atomic E-state index is 11.7. The van der Waals surface area contributed by atoms with Crippen molar-refractivity contribution < 1.29 is 9.53 Å². The van der Waals surface area contributed by atoms with Gasteiger partial charge in [0.05, 0.1) is 23.8 Å². The van der Waals surface area contributed by atoms with Crippen LogP contribution >= 0.6 is 11.6 Å². The summed E-state index contributed by atoms with van der Waals surface area (Å²) in [5.74, 6) is -0.373. The number of hydrogen-bond acceptors (Lipinski definition) is 3. The molecule has 0 unspecified atom stereocenters. The topological polar surface area (TPSA) is 50.1 Å². The van der Waals surface area contributed by atoms with E-state index in [9.17, 15) is 4.79 Å². The zero-order valence-corrected chi connectivity index (χ0v) is 11.6. The Balaban J connectivity index is 2.47. The Kier molecular flexibility index (Phi) is 4.39. The number of halogens is 1. The molecule has 4 heteroatoms. The molecule has 2 aromatic carbocycles. The molecule has 2 aromatic rings. The van der Waals surface area contributed by atoms with E-state index in [-0.39, 0.29) is 5.97 Å². The van der Waals surface area contributed by atoms with Crippen molar-refractivity contribution in [3.05, 3.63) is 58.6 Å². The van der Waals surface area contributed by atoms with Gasteiger partial charge in [0, 0.05) is 5.02 Å². The monoisotopic (exact) mass is 285 g/mol. The molecular formula is C16H12ClNO2. The van der Waals surface area contributed by atoms with Gasteiger partial charge in [-0.05, 0) is 42.3 Å². The fraction of sp³-hybridized carbons (Fsp3) is 0.125. The highest BCUT2D eigenvalue weighted by atomic mass is 35.5. The van der Waals surface area contributed by atoms with E-state index < -0.39 is 0 Å². The van der Waals surface area contributed by atoms with Crippen molar-refractivity contribution in [1.29, 1.82) is 5.26 Å². The summed E-state index contributed by atoms with van der Waals surface area (Å²) in [6, 6.07) is 14.2. The summed E-state index contributed by atoms with van der Waals surface area (Å²) >= 11 is 5.88. The molecule has 0 atom stereocenters. The summed E-state index contributed by atoms with van der Waals surface area (Å²) in [6.07, 6.45) is 0. The Morgan fingerprint density at radius 2 is 2.10 bits per heavy atom. The van der Waals surface area contributed by atoms with E-state index in [1.165, 1.54) is 0 Å². The summed E-state index contributed by atoms with van der Waals surface area (Å²) in [7, 11) is 0. The molecule has 0 heterocycles. The second-order valence-electron chi connectivity index (χ2n) is 4.10. The first-order valence-electron chi connectivity index (χ1n) is 6.13. The summed E-state index contributed by atoms with van der Waals surface area (Å²) in [6.45, 7) is 2.09. The minimum Gasteiger partial charge on any atom is -0.462 e. The number of rotatable bonds is 3. The third kappa shape index (κ3) is 2.98. The number of nitriles is 1. The molecule has 0 spiro atoms. The predicted molar refractivity (Wildman–Crippen MR) is 77.6 cm³/mol. The number of carbonyl (C=O) groups is 1. The zero-order valence-electron chi connectivity index (χ0n) is 10.9. The first-order chi connectivity index (χ1) is 9.65. The lowest BCUT2D eigenvalue weighted by molar-refractivity contribution is 0.0526. The van der Waals surface area contributed by atoms with Gasteiger partial charge in [0.2, 0.25) is 0 Å². The minimum absolute atomic E-state index is 0.327. The molecule has 0 bridgehead atoms. The molecule has 0 fully saturated rings. The Labute approximate surface area is 122 Å². The van der Waals surface area contributed by atoms with Crippen molar-refractivity contribution in [2.24, 2.45) is 0 Å². The smallest absolute Gasteiger partial charge is 0.338 e. The highest BCUT2D eigenvalue weighted by molar-refractivity contribution is 6.30. The van der Waals surface area contributed by atoms with Gasteiger partial charge >= 0.3 is 5.97 Å². The summed E-state index contributed by atoms with van der Waals surface area (Å²) < 4.78 is 4.97. The van der Waals surface area contributed by atoms with Gasteiger partial charge in [-0.25, -0.2) is 4.79 Å². The second kappa shape index (κ2) is 6.23. The van der Waals surface area contributed by atoms with Crippen LogP contribution < -0.4 is 0 Å². The van der Waals surface area contributed by atoms with Gasteiger partial charge < -0.3 is 4.74 Å². The van der Waals surface area contributed by atoms with E-state index in [2.05, 4.69) is 6.07 Å². The quantitative estimate of drug-likeness (QED) is 0.799. The largest absolute Gasteiger partial charge is 0.462 e. The summed E-state index contributed by atoms with van der Waals surface area (Å²) in [5, 5.41) is 9.67. The molecule has 0 saturated heterocycles. The lowest BCUT2D eigenvalue weighted by Gasteiger charge is -2.07. The van der Waals surface area contributed by atoms with Crippen LogP contribution in [0.15, 0.2) is 42.5 Å². The second-order valence-corrected chi connectivity index (χ2v) is 4.54. The van der Waals surface area contributed by atoms with Crippen LogP contribution in [-0.4, -0.2) is 12.6 Å². The van der Waals surface area contributed by atoms with Crippen LogP contribution in [0.4, 0.5) is 0 Å². The first kappa shape index (κ1) is 14.1. The average molecular weight is 286 g/mol. The van der Waals surface area contributed by atoms with Crippen LogP contribution in [0.5, 0.6) is 0 Å². The van der Waals surface area contributed by atoms with Gasteiger partial charge in [0.1, 0.15) is 0 Å². The van der Waals surface area contributed by atoms with Gasteiger partial charge in [0.25, 0.3) is 0 Å². The van der Waals surface area contributed by atoms with Crippen molar-refractivity contribution in [3.8, 4) is 17.2 Å². The van der Waals surface area contributed by atoms with Gasteiger partial charge in [0.15, 0.2) is 0 Å². The normalized spacial score (nSPS) is 9.85. The predicted octanol–water partition coefficient (Wildman–Crippen LogP) is 4.06. The van der Waals surface area contributed by atoms with Gasteiger partial charge in [-0.15, -0.1) is 0 Å². The van der Waals surface area contributed by atoms with E-state index in [4.69, 9.17) is 21.6 Å². The highest BCUT2D eigenvalue weighted by Gasteiger charge is 2.10. The molecular weight excluding hydrogens is 274 g/mol. The van der Waals surface area contributed by atoms with E-state index in [1.807, 2.05) is 6.07 Å². The molecule has 3 nitrogen and oxygen atoms in total. The van der Waals surface area contributed by atoms with Gasteiger partial charge in [-0.3, -0.25) is 0 Å². The summed E-state index contributed by atoms with van der Waals surface area (Å²) in [4.78, 5) is 11.7. The fourth-order valence-electron chi connectivity index (χ4n) is 1.89. The van der Waals surface area contributed by atoms with E-state index in [0.29, 0.717) is 22.8 Å². The molecule has 0 radical (unpaired) electrons. The average Bonchev–Trinajstić information content (AvgIpc) is 2.47. The lowest BCUT2D eigenvalue weighted by atomic mass is 9.99. The SMILES string of the molecule is CCOC(=O)c1cccc(-c2ccc(Cl)cc2C#N)c1. The molecule has 0 aliphatic heterocycles. The van der Waals surface area contributed by atoms with Crippen LogP contribution in [0.1, 0.15) is 22.8 Å². The first-order valence-corrected chi connectivity index (χ1v) is 6.50. The van der Waals surface area contributed by atoms with Crippen LogP contribution in [0.2, 0.25) is 5.02 Å².